The molecule has 0 atom stereocenters. The highest BCUT2D eigenvalue weighted by Gasteiger charge is 2.19. The molecule has 3 rings (SSSR count). The van der Waals surface area contributed by atoms with E-state index in [4.69, 9.17) is 0 Å². The van der Waals surface area contributed by atoms with Crippen molar-refractivity contribution in [3.63, 3.8) is 0 Å². The van der Waals surface area contributed by atoms with Crippen molar-refractivity contribution in [1.82, 2.24) is 5.43 Å². The van der Waals surface area contributed by atoms with Crippen LogP contribution in [0.2, 0.25) is 0 Å². The number of aryl methyl sites for hydroxylation is 1. The molecule has 24 heavy (non-hydrogen) atoms. The number of thiophene rings is 1. The zero-order valence-corrected chi connectivity index (χ0v) is 14.2. The van der Waals surface area contributed by atoms with Crippen LogP contribution in [0.3, 0.4) is 0 Å². The second-order valence-electron chi connectivity index (χ2n) is 5.57. The summed E-state index contributed by atoms with van der Waals surface area (Å²) in [6, 6.07) is 6.80. The number of carbonyl (C=O) groups excluding carboxylic acids is 2. The average Bonchev–Trinajstić information content (AvgIpc) is 3.06. The number of carbonyl (C=O) groups is 2. The highest BCUT2D eigenvalue weighted by Crippen LogP contribution is 2.30. The second kappa shape index (κ2) is 7.40. The number of nitrogens with zero attached hydrogens (tertiary/aromatic N) is 1. The van der Waals surface area contributed by atoms with Crippen LogP contribution >= 0.6 is 11.3 Å². The molecule has 0 aliphatic heterocycles. The van der Waals surface area contributed by atoms with E-state index >= 15 is 0 Å². The van der Waals surface area contributed by atoms with Gasteiger partial charge in [-0.3, -0.25) is 4.79 Å². The van der Waals surface area contributed by atoms with Crippen molar-refractivity contribution < 1.29 is 14.3 Å². The van der Waals surface area contributed by atoms with E-state index in [1.807, 2.05) is 5.38 Å². The number of benzene rings is 1. The van der Waals surface area contributed by atoms with Crippen molar-refractivity contribution in [3.05, 3.63) is 56.8 Å². The van der Waals surface area contributed by atoms with E-state index in [0.29, 0.717) is 5.56 Å². The SMILES string of the molecule is COC(=O)c1ccc(C=NNC(=O)c2csc3c2CCCC3)cc1. The van der Waals surface area contributed by atoms with Gasteiger partial charge >= 0.3 is 5.97 Å². The lowest BCUT2D eigenvalue weighted by atomic mass is 9.96. The Morgan fingerprint density at radius 2 is 1.96 bits per heavy atom. The Hall–Kier alpha value is -2.47. The molecule has 1 aromatic heterocycles. The molecule has 1 aliphatic carbocycles. The van der Waals surface area contributed by atoms with E-state index in [0.717, 1.165) is 30.4 Å². The third kappa shape index (κ3) is 3.54. The van der Waals surface area contributed by atoms with Crippen LogP contribution in [-0.2, 0) is 17.6 Å². The first-order chi connectivity index (χ1) is 11.7. The predicted molar refractivity (Wildman–Crippen MR) is 93.8 cm³/mol. The lowest BCUT2D eigenvalue weighted by molar-refractivity contribution is 0.0600. The summed E-state index contributed by atoms with van der Waals surface area (Å²) in [4.78, 5) is 25.0. The molecule has 0 saturated heterocycles. The monoisotopic (exact) mass is 342 g/mol. The average molecular weight is 342 g/mol. The smallest absolute Gasteiger partial charge is 0.337 e. The minimum Gasteiger partial charge on any atom is -0.465 e. The Bertz CT molecular complexity index is 778. The molecule has 5 nitrogen and oxygen atoms in total. The van der Waals surface area contributed by atoms with E-state index in [1.165, 1.54) is 24.0 Å². The first kappa shape index (κ1) is 16.4. The number of hydrazone groups is 1. The van der Waals surface area contributed by atoms with Gasteiger partial charge in [0.2, 0.25) is 0 Å². The molecule has 1 aromatic carbocycles. The summed E-state index contributed by atoms with van der Waals surface area (Å²) >= 11 is 1.66. The zero-order chi connectivity index (χ0) is 16.9. The van der Waals surface area contributed by atoms with E-state index in [1.54, 1.807) is 41.8 Å². The molecular weight excluding hydrogens is 324 g/mol. The fraction of sp³-hybridized carbons (Fsp3) is 0.278. The van der Waals surface area contributed by atoms with Gasteiger partial charge in [-0.15, -0.1) is 11.3 Å². The Labute approximate surface area is 144 Å². The Kier molecular flexibility index (Phi) is 5.05. The molecule has 2 aromatic rings. The number of hydrogen-bond donors (Lipinski definition) is 1. The van der Waals surface area contributed by atoms with Crippen molar-refractivity contribution in [3.8, 4) is 0 Å². The minimum absolute atomic E-state index is 0.170. The van der Waals surface area contributed by atoms with Gasteiger partial charge in [0.1, 0.15) is 0 Å². The maximum Gasteiger partial charge on any atom is 0.337 e. The fourth-order valence-electron chi connectivity index (χ4n) is 2.73. The topological polar surface area (TPSA) is 67.8 Å². The Balaban J connectivity index is 1.63. The molecule has 1 N–H and O–H groups in total. The Morgan fingerprint density at radius 3 is 2.71 bits per heavy atom. The summed E-state index contributed by atoms with van der Waals surface area (Å²) in [5.74, 6) is -0.550. The van der Waals surface area contributed by atoms with Crippen LogP contribution in [0.15, 0.2) is 34.7 Å². The fourth-order valence-corrected chi connectivity index (χ4v) is 3.86. The number of rotatable bonds is 4. The third-order valence-electron chi connectivity index (χ3n) is 4.02. The number of nitrogens with one attached hydrogen (secondary N) is 1. The van der Waals surface area contributed by atoms with Crippen LogP contribution in [0.1, 0.15) is 49.6 Å². The van der Waals surface area contributed by atoms with Gasteiger partial charge in [0, 0.05) is 10.3 Å². The highest BCUT2D eigenvalue weighted by atomic mass is 32.1. The van der Waals surface area contributed by atoms with E-state index in [9.17, 15) is 9.59 Å². The van der Waals surface area contributed by atoms with Gasteiger partial charge in [0.15, 0.2) is 0 Å². The van der Waals surface area contributed by atoms with Crippen molar-refractivity contribution in [2.24, 2.45) is 5.10 Å². The number of ether oxygens (including phenoxy) is 1. The molecule has 1 amide bonds. The Morgan fingerprint density at radius 1 is 1.21 bits per heavy atom. The molecule has 0 spiro atoms. The van der Waals surface area contributed by atoms with E-state index in [2.05, 4.69) is 15.3 Å². The third-order valence-corrected chi connectivity index (χ3v) is 5.11. The minimum atomic E-state index is -0.381. The molecule has 1 aliphatic rings. The largest absolute Gasteiger partial charge is 0.465 e. The molecule has 1 heterocycles. The van der Waals surface area contributed by atoms with Gasteiger partial charge in [0.05, 0.1) is 24.5 Å². The van der Waals surface area contributed by atoms with Crippen LogP contribution in [0, 0.1) is 0 Å². The normalized spacial score (nSPS) is 13.5. The summed E-state index contributed by atoms with van der Waals surface area (Å²) in [5.41, 5.74) is 5.77. The number of fused-ring (bicyclic) bond motifs is 1. The summed E-state index contributed by atoms with van der Waals surface area (Å²) in [6.07, 6.45) is 5.94. The first-order valence-corrected chi connectivity index (χ1v) is 8.68. The molecule has 124 valence electrons. The molecule has 0 bridgehead atoms. The van der Waals surface area contributed by atoms with Crippen molar-refractivity contribution in [2.75, 3.05) is 7.11 Å². The molecule has 6 heteroatoms. The summed E-state index contributed by atoms with van der Waals surface area (Å²) < 4.78 is 4.65. The molecule has 0 fully saturated rings. The predicted octanol–water partition coefficient (Wildman–Crippen LogP) is 3.18. The maximum atomic E-state index is 12.3. The van der Waals surface area contributed by atoms with Crippen LogP contribution in [0.4, 0.5) is 0 Å². The second-order valence-corrected chi connectivity index (χ2v) is 6.54. The highest BCUT2D eigenvalue weighted by molar-refractivity contribution is 7.10. The number of amides is 1. The van der Waals surface area contributed by atoms with Crippen LogP contribution < -0.4 is 5.43 Å². The molecular formula is C18H18N2O3S. The summed E-state index contributed by atoms with van der Waals surface area (Å²) in [6.45, 7) is 0. The maximum absolute atomic E-state index is 12.3. The van der Waals surface area contributed by atoms with Gasteiger partial charge in [0.25, 0.3) is 5.91 Å². The quantitative estimate of drug-likeness (QED) is 0.527. The van der Waals surface area contributed by atoms with Crippen LogP contribution in [-0.4, -0.2) is 25.2 Å². The standard InChI is InChI=1S/C18H18N2O3S/c1-23-18(22)13-8-6-12(7-9-13)10-19-20-17(21)15-11-24-16-5-3-2-4-14(15)16/h6-11H,2-5H2,1H3,(H,20,21). The van der Waals surface area contributed by atoms with Crippen LogP contribution in [0.5, 0.6) is 0 Å². The lowest BCUT2D eigenvalue weighted by Gasteiger charge is -2.11. The zero-order valence-electron chi connectivity index (χ0n) is 13.4. The first-order valence-electron chi connectivity index (χ1n) is 7.80. The van der Waals surface area contributed by atoms with Crippen molar-refractivity contribution in [1.29, 1.82) is 0 Å². The van der Waals surface area contributed by atoms with E-state index < -0.39 is 0 Å². The van der Waals surface area contributed by atoms with Crippen LogP contribution in [0.25, 0.3) is 0 Å². The lowest BCUT2D eigenvalue weighted by Crippen LogP contribution is -2.19. The van der Waals surface area contributed by atoms with E-state index in [-0.39, 0.29) is 11.9 Å². The number of esters is 1. The molecule has 0 unspecified atom stereocenters. The van der Waals surface area contributed by atoms with Gasteiger partial charge in [-0.05, 0) is 48.9 Å². The van der Waals surface area contributed by atoms with Gasteiger partial charge < -0.3 is 4.74 Å². The number of hydrogen-bond acceptors (Lipinski definition) is 5. The van der Waals surface area contributed by atoms with Crippen molar-refractivity contribution >= 4 is 29.4 Å². The van der Waals surface area contributed by atoms with Gasteiger partial charge in [-0.25, -0.2) is 10.2 Å². The van der Waals surface area contributed by atoms with Crippen molar-refractivity contribution in [2.45, 2.75) is 25.7 Å². The van der Waals surface area contributed by atoms with Gasteiger partial charge in [-0.2, -0.15) is 5.10 Å². The van der Waals surface area contributed by atoms with Gasteiger partial charge in [-0.1, -0.05) is 12.1 Å². The molecule has 0 saturated carbocycles. The molecule has 0 radical (unpaired) electrons. The summed E-state index contributed by atoms with van der Waals surface area (Å²) in [5, 5.41) is 5.93. The number of methoxy groups -OCH3 is 1. The summed E-state index contributed by atoms with van der Waals surface area (Å²) in [7, 11) is 1.34.